The van der Waals surface area contributed by atoms with Gasteiger partial charge in [-0.3, -0.25) is 4.79 Å². The molecule has 0 spiro atoms. The second kappa shape index (κ2) is 10.0. The molecule has 2 N–H and O–H groups in total. The van der Waals surface area contributed by atoms with Gasteiger partial charge in [-0.1, -0.05) is 19.0 Å². The van der Waals surface area contributed by atoms with Crippen LogP contribution in [0.4, 0.5) is 0 Å². The Hall–Kier alpha value is -1.06. The monoisotopic (exact) mass is 132 g/mol. The Balaban J connectivity index is 0. The van der Waals surface area contributed by atoms with E-state index in [9.17, 15) is 4.79 Å². The molecule has 9 heavy (non-hydrogen) atoms. The molecule has 0 aromatic heterocycles. The van der Waals surface area contributed by atoms with E-state index in [1.54, 1.807) is 0 Å². The van der Waals surface area contributed by atoms with Gasteiger partial charge in [0.25, 0.3) is 0 Å². The second-order valence-electron chi connectivity index (χ2n) is 0.948. The first-order valence-corrected chi connectivity index (χ1v) is 2.70. The van der Waals surface area contributed by atoms with E-state index >= 15 is 0 Å². The lowest BCUT2D eigenvalue weighted by Crippen LogP contribution is -2.17. The van der Waals surface area contributed by atoms with Crippen molar-refractivity contribution < 1.29 is 10.0 Å². The lowest BCUT2D eigenvalue weighted by Gasteiger charge is -1.86. The van der Waals surface area contributed by atoms with Crippen molar-refractivity contribution in [1.29, 1.82) is 0 Å². The fourth-order valence-corrected chi connectivity index (χ4v) is 0.114. The Bertz CT molecular complexity index is 91.0. The van der Waals surface area contributed by atoms with Crippen molar-refractivity contribution in [3.63, 3.8) is 0 Å². The van der Waals surface area contributed by atoms with E-state index in [0.717, 1.165) is 0 Å². The molecule has 4 heteroatoms. The minimum absolute atomic E-state index is 0.190. The van der Waals surface area contributed by atoms with Crippen LogP contribution in [-0.4, -0.2) is 17.5 Å². The predicted molar refractivity (Wildman–Crippen MR) is 35.4 cm³/mol. The quantitative estimate of drug-likeness (QED) is 0.180. The Morgan fingerprint density at radius 1 is 1.67 bits per heavy atom. The molecule has 0 aliphatic heterocycles. The molecule has 0 unspecified atom stereocenters. The van der Waals surface area contributed by atoms with Gasteiger partial charge in [-0.15, -0.1) is 0 Å². The smallest absolute Gasteiger partial charge is 0.212 e. The van der Waals surface area contributed by atoms with Crippen LogP contribution in [0.15, 0.2) is 5.16 Å². The van der Waals surface area contributed by atoms with Gasteiger partial charge >= 0.3 is 0 Å². The maximum atomic E-state index is 9.47. The Morgan fingerprint density at radius 2 is 2.11 bits per heavy atom. The number of hydrogen-bond donors (Lipinski definition) is 2. The van der Waals surface area contributed by atoms with Gasteiger partial charge in [0, 0.05) is 0 Å². The van der Waals surface area contributed by atoms with Crippen molar-refractivity contribution >= 4 is 12.2 Å². The van der Waals surface area contributed by atoms with Gasteiger partial charge in [-0.25, -0.2) is 0 Å². The minimum Gasteiger partial charge on any atom is -0.409 e. The molecular formula is C5H12N2O2. The number of amides is 1. The summed E-state index contributed by atoms with van der Waals surface area (Å²) in [6, 6.07) is 0. The SMILES string of the molecule is C/C(=N\O)NC=O.CC. The van der Waals surface area contributed by atoms with Gasteiger partial charge in [-0.05, 0) is 6.92 Å². The predicted octanol–water partition coefficient (Wildman–Crippen LogP) is 0.566. The van der Waals surface area contributed by atoms with Gasteiger partial charge in [0.05, 0.1) is 0 Å². The highest BCUT2D eigenvalue weighted by molar-refractivity contribution is 5.87. The molecular weight excluding hydrogens is 120 g/mol. The van der Waals surface area contributed by atoms with E-state index in [1.165, 1.54) is 6.92 Å². The molecule has 0 aliphatic rings. The van der Waals surface area contributed by atoms with Gasteiger partial charge < -0.3 is 10.5 Å². The summed E-state index contributed by atoms with van der Waals surface area (Å²) < 4.78 is 0. The number of nitrogens with zero attached hydrogens (tertiary/aromatic N) is 1. The number of oxime groups is 1. The standard InChI is InChI=1S/C3H6N2O2.C2H6/c1-3(5-7)4-2-6;1-2/h2,7H,1H3,(H,4,5,6);1-2H3. The van der Waals surface area contributed by atoms with Gasteiger partial charge in [0.2, 0.25) is 6.41 Å². The molecule has 0 radical (unpaired) electrons. The third-order valence-corrected chi connectivity index (χ3v) is 0.418. The number of nitrogens with one attached hydrogen (secondary N) is 1. The van der Waals surface area contributed by atoms with Crippen LogP contribution in [0.3, 0.4) is 0 Å². The van der Waals surface area contributed by atoms with Gasteiger partial charge in [-0.2, -0.15) is 0 Å². The first-order valence-electron chi connectivity index (χ1n) is 2.70. The topological polar surface area (TPSA) is 61.7 Å². The minimum atomic E-state index is 0.190. The molecule has 0 saturated carbocycles. The molecule has 0 heterocycles. The summed E-state index contributed by atoms with van der Waals surface area (Å²) in [7, 11) is 0. The summed E-state index contributed by atoms with van der Waals surface area (Å²) in [6.07, 6.45) is 0.440. The largest absolute Gasteiger partial charge is 0.409 e. The summed E-state index contributed by atoms with van der Waals surface area (Å²) in [6.45, 7) is 5.47. The van der Waals surface area contributed by atoms with Crippen molar-refractivity contribution in [3.05, 3.63) is 0 Å². The average Bonchev–Trinajstić information content (AvgIpc) is 1.93. The van der Waals surface area contributed by atoms with E-state index in [2.05, 4.69) is 10.5 Å². The fourth-order valence-electron chi connectivity index (χ4n) is 0.114. The normalized spacial score (nSPS) is 9.00. The van der Waals surface area contributed by atoms with E-state index in [4.69, 9.17) is 5.21 Å². The van der Waals surface area contributed by atoms with E-state index < -0.39 is 0 Å². The Labute approximate surface area is 54.6 Å². The van der Waals surface area contributed by atoms with Gasteiger partial charge in [0.15, 0.2) is 0 Å². The Kier molecular flexibility index (Phi) is 12.1. The van der Waals surface area contributed by atoms with E-state index in [0.29, 0.717) is 6.41 Å². The first kappa shape index (κ1) is 10.8. The molecule has 0 aliphatic carbocycles. The molecule has 1 amide bonds. The van der Waals surface area contributed by atoms with Gasteiger partial charge in [0.1, 0.15) is 5.84 Å². The van der Waals surface area contributed by atoms with Crippen LogP contribution in [0.25, 0.3) is 0 Å². The lowest BCUT2D eigenvalue weighted by atomic mass is 10.7. The number of amidine groups is 1. The van der Waals surface area contributed by atoms with Crippen LogP contribution in [0.5, 0.6) is 0 Å². The number of carbonyl (C=O) groups excluding carboxylic acids is 1. The molecule has 0 saturated heterocycles. The highest BCUT2D eigenvalue weighted by Gasteiger charge is 1.79. The molecule has 0 rings (SSSR count). The van der Waals surface area contributed by atoms with Crippen LogP contribution in [0.1, 0.15) is 20.8 Å². The second-order valence-corrected chi connectivity index (χ2v) is 0.948. The maximum absolute atomic E-state index is 9.47. The zero-order chi connectivity index (χ0) is 7.70. The van der Waals surface area contributed by atoms with Crippen LogP contribution >= 0.6 is 0 Å². The summed E-state index contributed by atoms with van der Waals surface area (Å²) in [5.41, 5.74) is 0. The average molecular weight is 132 g/mol. The molecule has 0 fully saturated rings. The molecule has 0 atom stereocenters. The molecule has 4 nitrogen and oxygen atoms in total. The van der Waals surface area contributed by atoms with Crippen molar-refractivity contribution in [3.8, 4) is 0 Å². The zero-order valence-electron chi connectivity index (χ0n) is 5.88. The molecule has 0 aromatic carbocycles. The molecule has 0 bridgehead atoms. The molecule has 54 valence electrons. The van der Waals surface area contributed by atoms with Crippen LogP contribution in [-0.2, 0) is 4.79 Å². The first-order chi connectivity index (χ1) is 4.31. The maximum Gasteiger partial charge on any atom is 0.212 e. The summed E-state index contributed by atoms with van der Waals surface area (Å²) in [4.78, 5) is 9.47. The summed E-state index contributed by atoms with van der Waals surface area (Å²) >= 11 is 0. The van der Waals surface area contributed by atoms with Crippen LogP contribution in [0, 0.1) is 0 Å². The lowest BCUT2D eigenvalue weighted by molar-refractivity contribution is -0.108. The number of hydrogen-bond acceptors (Lipinski definition) is 3. The Morgan fingerprint density at radius 3 is 2.22 bits per heavy atom. The fraction of sp³-hybridized carbons (Fsp3) is 0.600. The summed E-state index contributed by atoms with van der Waals surface area (Å²) in [5, 5.41) is 12.6. The number of rotatable bonds is 1. The van der Waals surface area contributed by atoms with Crippen molar-refractivity contribution in [1.82, 2.24) is 5.32 Å². The molecule has 0 aromatic rings. The van der Waals surface area contributed by atoms with Crippen LogP contribution < -0.4 is 5.32 Å². The third-order valence-electron chi connectivity index (χ3n) is 0.418. The highest BCUT2D eigenvalue weighted by atomic mass is 16.4. The van der Waals surface area contributed by atoms with Crippen molar-refractivity contribution in [2.75, 3.05) is 0 Å². The summed E-state index contributed by atoms with van der Waals surface area (Å²) in [5.74, 6) is 0.190. The van der Waals surface area contributed by atoms with E-state index in [1.807, 2.05) is 13.8 Å². The van der Waals surface area contributed by atoms with Crippen LogP contribution in [0.2, 0.25) is 0 Å². The van der Waals surface area contributed by atoms with E-state index in [-0.39, 0.29) is 5.84 Å². The third kappa shape index (κ3) is 10.9. The van der Waals surface area contributed by atoms with Crippen molar-refractivity contribution in [2.45, 2.75) is 20.8 Å². The van der Waals surface area contributed by atoms with Crippen molar-refractivity contribution in [2.24, 2.45) is 5.16 Å². The highest BCUT2D eigenvalue weighted by Crippen LogP contribution is 1.59. The number of carbonyl (C=O) groups is 1. The zero-order valence-corrected chi connectivity index (χ0v) is 5.88.